The quantitative estimate of drug-likeness (QED) is 0.587. The van der Waals surface area contributed by atoms with Crippen molar-refractivity contribution in [3.05, 3.63) is 35.8 Å². The Hall–Kier alpha value is -1.22. The van der Waals surface area contributed by atoms with Crippen molar-refractivity contribution in [2.45, 2.75) is 6.10 Å². The Labute approximate surface area is 70.8 Å². The second-order valence-corrected chi connectivity index (χ2v) is 2.95. The molecule has 1 aliphatic carbocycles. The highest BCUT2D eigenvalue weighted by Crippen LogP contribution is 2.30. The molecule has 64 valence electrons. The Morgan fingerprint density at radius 3 is 3.08 bits per heavy atom. The largest absolute Gasteiger partial charge is 0.488 e. The van der Waals surface area contributed by atoms with Gasteiger partial charge in [0.15, 0.2) is 0 Å². The molecule has 0 aromatic carbocycles. The van der Waals surface area contributed by atoms with Crippen LogP contribution < -0.4 is 5.73 Å². The van der Waals surface area contributed by atoms with Crippen LogP contribution in [0.5, 0.6) is 0 Å². The first-order valence-electron chi connectivity index (χ1n) is 3.93. The van der Waals surface area contributed by atoms with E-state index < -0.39 is 0 Å². The molecule has 1 heterocycles. The molecule has 3 heteroatoms. The Bertz CT molecular complexity index is 278. The highest BCUT2D eigenvalue weighted by Gasteiger charge is 2.29. The number of fused-ring (bicyclic) bond motifs is 1. The van der Waals surface area contributed by atoms with E-state index in [1.54, 1.807) is 0 Å². The third-order valence-corrected chi connectivity index (χ3v) is 2.14. The lowest BCUT2D eigenvalue weighted by Gasteiger charge is -2.18. The molecule has 0 aromatic rings. The van der Waals surface area contributed by atoms with Crippen molar-refractivity contribution in [2.75, 3.05) is 6.61 Å². The Kier molecular flexibility index (Phi) is 1.66. The zero-order valence-electron chi connectivity index (χ0n) is 6.60. The molecule has 2 unspecified atom stereocenters. The third-order valence-electron chi connectivity index (χ3n) is 2.14. The van der Waals surface area contributed by atoms with Crippen LogP contribution in [0.3, 0.4) is 0 Å². The van der Waals surface area contributed by atoms with Gasteiger partial charge in [-0.2, -0.15) is 0 Å². The molecule has 0 saturated heterocycles. The molecule has 3 nitrogen and oxygen atoms in total. The van der Waals surface area contributed by atoms with Crippen molar-refractivity contribution >= 4 is 0 Å². The van der Waals surface area contributed by atoms with Gasteiger partial charge in [-0.3, -0.25) is 0 Å². The first-order valence-corrected chi connectivity index (χ1v) is 3.93. The van der Waals surface area contributed by atoms with Gasteiger partial charge < -0.3 is 15.6 Å². The Morgan fingerprint density at radius 2 is 2.42 bits per heavy atom. The molecule has 2 aliphatic rings. The summed E-state index contributed by atoms with van der Waals surface area (Å²) in [5.41, 5.74) is 6.54. The second-order valence-electron chi connectivity index (χ2n) is 2.95. The van der Waals surface area contributed by atoms with Crippen LogP contribution in [0.15, 0.2) is 35.8 Å². The molecule has 0 radical (unpaired) electrons. The highest BCUT2D eigenvalue weighted by atomic mass is 16.5. The molecule has 0 bridgehead atoms. The summed E-state index contributed by atoms with van der Waals surface area (Å²) in [5, 5.41) is 8.82. The van der Waals surface area contributed by atoms with E-state index in [1.807, 2.05) is 24.3 Å². The average molecular weight is 165 g/mol. The van der Waals surface area contributed by atoms with Crippen molar-refractivity contribution in [3.63, 3.8) is 0 Å². The minimum absolute atomic E-state index is 0.00264. The lowest BCUT2D eigenvalue weighted by atomic mass is 9.95. The van der Waals surface area contributed by atoms with Crippen LogP contribution in [0.2, 0.25) is 0 Å². The molecular formula is C9H11NO2. The maximum Gasteiger partial charge on any atom is 0.129 e. The summed E-state index contributed by atoms with van der Waals surface area (Å²) in [6.07, 6.45) is 7.56. The summed E-state index contributed by atoms with van der Waals surface area (Å²) in [7, 11) is 0. The van der Waals surface area contributed by atoms with Crippen molar-refractivity contribution in [3.8, 4) is 0 Å². The number of aliphatic hydroxyl groups excluding tert-OH is 1. The molecule has 0 saturated carbocycles. The zero-order valence-corrected chi connectivity index (χ0v) is 6.60. The summed E-state index contributed by atoms with van der Waals surface area (Å²) in [6, 6.07) is 0. The predicted molar refractivity (Wildman–Crippen MR) is 44.9 cm³/mol. The van der Waals surface area contributed by atoms with Crippen molar-refractivity contribution in [1.82, 2.24) is 0 Å². The average Bonchev–Trinajstić information content (AvgIpc) is 2.49. The van der Waals surface area contributed by atoms with Crippen molar-refractivity contribution < 1.29 is 9.84 Å². The lowest BCUT2D eigenvalue weighted by molar-refractivity contribution is 0.128. The summed E-state index contributed by atoms with van der Waals surface area (Å²) in [5.74, 6) is 0.741. The molecule has 0 spiro atoms. The molecule has 1 aliphatic heterocycles. The standard InChI is InChI=1S/C9H11NO2/c10-8-2-1-3-9-7(8)4-6(5-11)12-9/h1-4,7,9,11H,5,10H2. The topological polar surface area (TPSA) is 55.5 Å². The van der Waals surface area contributed by atoms with Gasteiger partial charge in [0.2, 0.25) is 0 Å². The molecule has 2 atom stereocenters. The SMILES string of the molecule is NC1=CC=CC2OC(CO)=CC12. The van der Waals surface area contributed by atoms with Crippen LogP contribution in [-0.4, -0.2) is 17.8 Å². The van der Waals surface area contributed by atoms with Crippen LogP contribution in [0.25, 0.3) is 0 Å². The van der Waals surface area contributed by atoms with Crippen LogP contribution in [0.1, 0.15) is 0 Å². The summed E-state index contributed by atoms with van der Waals surface area (Å²) in [6.45, 7) is -0.0475. The minimum atomic E-state index is -0.0475. The smallest absolute Gasteiger partial charge is 0.129 e. The molecule has 12 heavy (non-hydrogen) atoms. The number of aliphatic hydroxyl groups is 1. The van der Waals surface area contributed by atoms with Gasteiger partial charge in [0, 0.05) is 5.70 Å². The van der Waals surface area contributed by atoms with Gasteiger partial charge >= 0.3 is 0 Å². The summed E-state index contributed by atoms with van der Waals surface area (Å²) in [4.78, 5) is 0. The summed E-state index contributed by atoms with van der Waals surface area (Å²) < 4.78 is 5.39. The van der Waals surface area contributed by atoms with Gasteiger partial charge in [-0.25, -0.2) is 0 Å². The van der Waals surface area contributed by atoms with Gasteiger partial charge in [0.25, 0.3) is 0 Å². The van der Waals surface area contributed by atoms with E-state index in [1.165, 1.54) is 0 Å². The zero-order chi connectivity index (χ0) is 8.55. The van der Waals surface area contributed by atoms with Crippen LogP contribution in [0.4, 0.5) is 0 Å². The van der Waals surface area contributed by atoms with Crippen molar-refractivity contribution in [2.24, 2.45) is 11.7 Å². The Balaban J connectivity index is 2.23. The Morgan fingerprint density at radius 1 is 1.58 bits per heavy atom. The number of nitrogens with two attached hydrogens (primary N) is 1. The van der Waals surface area contributed by atoms with Gasteiger partial charge in [0.1, 0.15) is 18.5 Å². The monoisotopic (exact) mass is 165 g/mol. The molecule has 2 rings (SSSR count). The lowest BCUT2D eigenvalue weighted by Crippen LogP contribution is -2.22. The minimum Gasteiger partial charge on any atom is -0.488 e. The highest BCUT2D eigenvalue weighted by molar-refractivity contribution is 5.30. The van der Waals surface area contributed by atoms with Gasteiger partial charge in [-0.05, 0) is 18.2 Å². The fourth-order valence-corrected chi connectivity index (χ4v) is 1.50. The normalized spacial score (nSPS) is 32.1. The van der Waals surface area contributed by atoms with Gasteiger partial charge in [-0.1, -0.05) is 6.08 Å². The van der Waals surface area contributed by atoms with Gasteiger partial charge in [-0.15, -0.1) is 0 Å². The van der Waals surface area contributed by atoms with E-state index in [9.17, 15) is 0 Å². The number of ether oxygens (including phenoxy) is 1. The fourth-order valence-electron chi connectivity index (χ4n) is 1.50. The number of hydrogen-bond acceptors (Lipinski definition) is 3. The third kappa shape index (κ3) is 1.02. The van der Waals surface area contributed by atoms with E-state index in [2.05, 4.69) is 0 Å². The fraction of sp³-hybridized carbons (Fsp3) is 0.333. The second kappa shape index (κ2) is 2.68. The maximum atomic E-state index is 8.82. The molecule has 0 aromatic heterocycles. The predicted octanol–water partition coefficient (Wildman–Crippen LogP) is 0.290. The van der Waals surface area contributed by atoms with E-state index in [-0.39, 0.29) is 18.6 Å². The first kappa shape index (κ1) is 7.43. The number of allylic oxidation sites excluding steroid dienone is 2. The van der Waals surface area contributed by atoms with Crippen LogP contribution >= 0.6 is 0 Å². The van der Waals surface area contributed by atoms with E-state index >= 15 is 0 Å². The van der Waals surface area contributed by atoms with Crippen LogP contribution in [-0.2, 0) is 4.74 Å². The molecule has 0 fully saturated rings. The van der Waals surface area contributed by atoms with Gasteiger partial charge in [0.05, 0.1) is 5.92 Å². The van der Waals surface area contributed by atoms with E-state index in [0.717, 1.165) is 5.70 Å². The van der Waals surface area contributed by atoms with Crippen molar-refractivity contribution in [1.29, 1.82) is 0 Å². The van der Waals surface area contributed by atoms with Crippen LogP contribution in [0, 0.1) is 5.92 Å². The molecule has 3 N–H and O–H groups in total. The van der Waals surface area contributed by atoms with E-state index in [0.29, 0.717) is 5.76 Å². The number of hydrogen-bond donors (Lipinski definition) is 2. The molecule has 0 amide bonds. The molecular weight excluding hydrogens is 154 g/mol. The maximum absolute atomic E-state index is 8.82. The number of rotatable bonds is 1. The van der Waals surface area contributed by atoms with E-state index in [4.69, 9.17) is 15.6 Å². The first-order chi connectivity index (χ1) is 5.81. The summed E-state index contributed by atoms with van der Waals surface area (Å²) >= 11 is 0.